The number of benzene rings is 1. The molecule has 2 unspecified atom stereocenters. The van der Waals surface area contributed by atoms with E-state index in [0.29, 0.717) is 22.8 Å². The molecule has 0 heterocycles. The van der Waals surface area contributed by atoms with Crippen LogP contribution in [0.3, 0.4) is 0 Å². The maximum Gasteiger partial charge on any atom is 0.185 e. The third kappa shape index (κ3) is 4.90. The van der Waals surface area contributed by atoms with Gasteiger partial charge in [0.15, 0.2) is 5.12 Å². The highest BCUT2D eigenvalue weighted by Gasteiger charge is 2.20. The molecule has 6 heteroatoms. The third-order valence-electron chi connectivity index (χ3n) is 2.36. The predicted octanol–water partition coefficient (Wildman–Crippen LogP) is 3.17. The van der Waals surface area contributed by atoms with E-state index in [-0.39, 0.29) is 5.12 Å². The first-order chi connectivity index (χ1) is 8.41. The molecular formula is C12H14BrClO3S. The van der Waals surface area contributed by atoms with Crippen molar-refractivity contribution in [1.29, 1.82) is 0 Å². The lowest BCUT2D eigenvalue weighted by molar-refractivity contribution is -0.109. The van der Waals surface area contributed by atoms with Crippen molar-refractivity contribution >= 4 is 44.4 Å². The number of carbonyl (C=O) groups is 1. The van der Waals surface area contributed by atoms with Crippen LogP contribution in [0.25, 0.3) is 0 Å². The molecule has 0 aliphatic heterocycles. The largest absolute Gasteiger partial charge is 0.390 e. The van der Waals surface area contributed by atoms with Crippen molar-refractivity contribution < 1.29 is 15.0 Å². The molecule has 0 fully saturated rings. The minimum absolute atomic E-state index is 0.00151. The van der Waals surface area contributed by atoms with E-state index in [1.165, 1.54) is 6.92 Å². The molecule has 2 atom stereocenters. The maximum atomic E-state index is 10.7. The summed E-state index contributed by atoms with van der Waals surface area (Å²) in [6, 6.07) is 5.08. The number of hydrogen-bond donors (Lipinski definition) is 2. The van der Waals surface area contributed by atoms with Gasteiger partial charge in [-0.3, -0.25) is 4.79 Å². The molecule has 0 aliphatic rings. The first-order valence-corrected chi connectivity index (χ1v) is 7.52. The monoisotopic (exact) mass is 352 g/mol. The zero-order valence-electron chi connectivity index (χ0n) is 9.77. The van der Waals surface area contributed by atoms with Gasteiger partial charge < -0.3 is 10.2 Å². The molecule has 0 saturated heterocycles. The second kappa shape index (κ2) is 7.50. The summed E-state index contributed by atoms with van der Waals surface area (Å²) in [6.45, 7) is 1.47. The van der Waals surface area contributed by atoms with Crippen LogP contribution < -0.4 is 0 Å². The Hall–Kier alpha value is -0.0700. The smallest absolute Gasteiger partial charge is 0.185 e. The van der Waals surface area contributed by atoms with E-state index in [0.717, 1.165) is 16.2 Å². The van der Waals surface area contributed by atoms with Crippen LogP contribution in [0.2, 0.25) is 5.02 Å². The molecular weight excluding hydrogens is 340 g/mol. The van der Waals surface area contributed by atoms with Gasteiger partial charge >= 0.3 is 0 Å². The highest BCUT2D eigenvalue weighted by molar-refractivity contribution is 9.10. The number of hydrogen-bond acceptors (Lipinski definition) is 4. The van der Waals surface area contributed by atoms with E-state index < -0.39 is 12.2 Å². The topological polar surface area (TPSA) is 57.5 Å². The molecule has 100 valence electrons. The van der Waals surface area contributed by atoms with Crippen LogP contribution in [0.4, 0.5) is 0 Å². The van der Waals surface area contributed by atoms with Crippen molar-refractivity contribution in [2.75, 3.05) is 5.75 Å². The lowest BCUT2D eigenvalue weighted by Crippen LogP contribution is -2.19. The summed E-state index contributed by atoms with van der Waals surface area (Å²) in [5, 5.41) is 20.2. The highest BCUT2D eigenvalue weighted by atomic mass is 79.9. The Morgan fingerprint density at radius 1 is 1.50 bits per heavy atom. The number of aliphatic hydroxyl groups excluding tert-OH is 2. The molecule has 1 aromatic carbocycles. The predicted molar refractivity (Wildman–Crippen MR) is 77.9 cm³/mol. The van der Waals surface area contributed by atoms with Crippen LogP contribution in [-0.4, -0.2) is 27.2 Å². The molecule has 0 amide bonds. The lowest BCUT2D eigenvalue weighted by atomic mass is 10.0. The van der Waals surface area contributed by atoms with Gasteiger partial charge in [-0.25, -0.2) is 0 Å². The summed E-state index contributed by atoms with van der Waals surface area (Å²) < 4.78 is 0.810. The molecule has 0 bridgehead atoms. The number of aliphatic hydroxyl groups is 2. The van der Waals surface area contributed by atoms with Gasteiger partial charge in [0.05, 0.1) is 6.10 Å². The van der Waals surface area contributed by atoms with E-state index >= 15 is 0 Å². The summed E-state index contributed by atoms with van der Waals surface area (Å²) in [4.78, 5) is 10.7. The molecule has 0 spiro atoms. The van der Waals surface area contributed by atoms with Crippen molar-refractivity contribution in [1.82, 2.24) is 0 Å². The van der Waals surface area contributed by atoms with Gasteiger partial charge in [-0.1, -0.05) is 45.4 Å². The van der Waals surface area contributed by atoms with Crippen molar-refractivity contribution in [3.63, 3.8) is 0 Å². The van der Waals surface area contributed by atoms with Crippen molar-refractivity contribution in [3.8, 4) is 0 Å². The van der Waals surface area contributed by atoms with Crippen LogP contribution in [-0.2, 0) is 4.79 Å². The van der Waals surface area contributed by atoms with Gasteiger partial charge in [0, 0.05) is 27.7 Å². The van der Waals surface area contributed by atoms with Crippen LogP contribution >= 0.6 is 39.3 Å². The minimum Gasteiger partial charge on any atom is -0.390 e. The first kappa shape index (κ1) is 16.0. The Morgan fingerprint density at radius 2 is 2.17 bits per heavy atom. The van der Waals surface area contributed by atoms with Crippen LogP contribution in [0.1, 0.15) is 25.0 Å². The Bertz CT molecular complexity index is 428. The first-order valence-electron chi connectivity index (χ1n) is 5.36. The van der Waals surface area contributed by atoms with E-state index in [1.54, 1.807) is 18.2 Å². The van der Waals surface area contributed by atoms with Crippen LogP contribution in [0.15, 0.2) is 22.7 Å². The average molecular weight is 354 g/mol. The summed E-state index contributed by atoms with van der Waals surface area (Å²) in [5.41, 5.74) is 0.486. The van der Waals surface area contributed by atoms with E-state index in [2.05, 4.69) is 15.9 Å². The summed E-state index contributed by atoms with van der Waals surface area (Å²) in [5.74, 6) is 0.474. The van der Waals surface area contributed by atoms with E-state index in [9.17, 15) is 15.0 Å². The fraction of sp³-hybridized carbons (Fsp3) is 0.417. The van der Waals surface area contributed by atoms with Gasteiger partial charge in [0.25, 0.3) is 0 Å². The van der Waals surface area contributed by atoms with Gasteiger partial charge in [-0.15, -0.1) is 0 Å². The SMILES string of the molecule is CC(=O)SCCC(O)C(O)c1ccc(Br)cc1Cl. The van der Waals surface area contributed by atoms with Crippen molar-refractivity contribution in [2.24, 2.45) is 0 Å². The average Bonchev–Trinajstić information content (AvgIpc) is 2.27. The molecule has 2 N–H and O–H groups in total. The highest BCUT2D eigenvalue weighted by Crippen LogP contribution is 2.29. The number of halogens is 2. The third-order valence-corrected chi connectivity index (χ3v) is 4.03. The maximum absolute atomic E-state index is 10.7. The van der Waals surface area contributed by atoms with Gasteiger partial charge in [-0.2, -0.15) is 0 Å². The van der Waals surface area contributed by atoms with Gasteiger partial charge in [0.1, 0.15) is 6.10 Å². The standard InChI is InChI=1S/C12H14BrClO3S/c1-7(15)18-5-4-11(16)12(17)9-3-2-8(13)6-10(9)14/h2-3,6,11-12,16-17H,4-5H2,1H3. The molecule has 0 aromatic heterocycles. The second-order valence-corrected chi connectivity index (χ2v) is 6.40. The van der Waals surface area contributed by atoms with Crippen LogP contribution in [0, 0.1) is 0 Å². The van der Waals surface area contributed by atoms with E-state index in [4.69, 9.17) is 11.6 Å². The fourth-order valence-electron chi connectivity index (χ4n) is 1.43. The molecule has 0 radical (unpaired) electrons. The summed E-state index contributed by atoms with van der Waals surface area (Å²) in [6.07, 6.45) is -1.65. The molecule has 18 heavy (non-hydrogen) atoms. The lowest BCUT2D eigenvalue weighted by Gasteiger charge is -2.19. The number of thioether (sulfide) groups is 1. The van der Waals surface area contributed by atoms with E-state index in [1.807, 2.05) is 0 Å². The zero-order valence-corrected chi connectivity index (χ0v) is 12.9. The second-order valence-electron chi connectivity index (χ2n) is 3.81. The van der Waals surface area contributed by atoms with Crippen LogP contribution in [0.5, 0.6) is 0 Å². The Balaban J connectivity index is 2.62. The van der Waals surface area contributed by atoms with Gasteiger partial charge in [0.2, 0.25) is 0 Å². The van der Waals surface area contributed by atoms with Crippen molar-refractivity contribution in [2.45, 2.75) is 25.6 Å². The zero-order chi connectivity index (χ0) is 13.7. The molecule has 0 saturated carbocycles. The van der Waals surface area contributed by atoms with Gasteiger partial charge in [-0.05, 0) is 18.6 Å². The summed E-state index contributed by atoms with van der Waals surface area (Å²) >= 11 is 10.4. The number of rotatable bonds is 5. The summed E-state index contributed by atoms with van der Waals surface area (Å²) in [7, 11) is 0. The molecule has 3 nitrogen and oxygen atoms in total. The van der Waals surface area contributed by atoms with Crippen molar-refractivity contribution in [3.05, 3.63) is 33.3 Å². The Kier molecular flexibility index (Phi) is 6.66. The minimum atomic E-state index is -1.04. The normalized spacial score (nSPS) is 14.3. The fourth-order valence-corrected chi connectivity index (χ4v) is 2.86. The number of carbonyl (C=O) groups excluding carboxylic acids is 1. The molecule has 1 rings (SSSR count). The Labute approximate surface area is 124 Å². The molecule has 1 aromatic rings. The Morgan fingerprint density at radius 3 is 2.72 bits per heavy atom. The molecule has 0 aliphatic carbocycles. The quantitative estimate of drug-likeness (QED) is 0.853.